The average Bonchev–Trinajstić information content (AvgIpc) is 2.54. The molecule has 0 fully saturated rings. The van der Waals surface area contributed by atoms with Crippen LogP contribution in [0.4, 0.5) is 5.69 Å². The molecule has 2 rings (SSSR count). The molecule has 134 valence electrons. The second kappa shape index (κ2) is 6.93. The van der Waals surface area contributed by atoms with Gasteiger partial charge in [-0.15, -0.1) is 0 Å². The third-order valence-corrected chi connectivity index (χ3v) is 5.83. The Hall–Kier alpha value is -2.25. The first-order valence-corrected chi connectivity index (χ1v) is 9.26. The first-order valence-electron chi connectivity index (χ1n) is 7.82. The molecule has 2 aromatic rings. The van der Waals surface area contributed by atoms with Gasteiger partial charge in [0.1, 0.15) is 0 Å². The maximum atomic E-state index is 12.7. The van der Waals surface area contributed by atoms with Crippen molar-refractivity contribution in [1.29, 1.82) is 0 Å². The highest BCUT2D eigenvalue weighted by atomic mass is 32.2. The summed E-state index contributed by atoms with van der Waals surface area (Å²) in [5.41, 5.74) is 1.57. The van der Waals surface area contributed by atoms with Gasteiger partial charge < -0.3 is 0 Å². The lowest BCUT2D eigenvalue weighted by atomic mass is 9.87. The molecule has 0 radical (unpaired) electrons. The van der Waals surface area contributed by atoms with E-state index in [1.165, 1.54) is 31.3 Å². The molecule has 2 aromatic carbocycles. The summed E-state index contributed by atoms with van der Waals surface area (Å²) in [5.74, 6) is 0. The predicted molar refractivity (Wildman–Crippen MR) is 96.9 cm³/mol. The molecule has 0 heterocycles. The van der Waals surface area contributed by atoms with E-state index < -0.39 is 20.6 Å². The minimum Gasteiger partial charge on any atom is -0.258 e. The van der Waals surface area contributed by atoms with Crippen LogP contribution in [0.25, 0.3) is 0 Å². The summed E-state index contributed by atoms with van der Waals surface area (Å²) in [5, 5.41) is 11.1. The SMILES string of the molecule is CN(Cc1ccc(C(C)(C)C)cc1)S(=O)(=O)c1ccccc1[N+](=O)[O-]. The number of para-hydroxylation sites is 1. The lowest BCUT2D eigenvalue weighted by Gasteiger charge is -2.20. The summed E-state index contributed by atoms with van der Waals surface area (Å²) in [6, 6.07) is 13.1. The van der Waals surface area contributed by atoms with Crippen LogP contribution in [-0.4, -0.2) is 24.7 Å². The standard InChI is InChI=1S/C18H22N2O4S/c1-18(2,3)15-11-9-14(10-12-15)13-19(4)25(23,24)17-8-6-5-7-16(17)20(21)22/h5-12H,13H2,1-4H3. The quantitative estimate of drug-likeness (QED) is 0.600. The van der Waals surface area contributed by atoms with Crippen LogP contribution >= 0.6 is 0 Å². The van der Waals surface area contributed by atoms with Gasteiger partial charge in [0, 0.05) is 19.7 Å². The molecule has 0 amide bonds. The summed E-state index contributed by atoms with van der Waals surface area (Å²) in [6.45, 7) is 6.45. The summed E-state index contributed by atoms with van der Waals surface area (Å²) < 4.78 is 26.5. The normalized spacial score (nSPS) is 12.4. The molecule has 0 N–H and O–H groups in total. The van der Waals surface area contributed by atoms with Gasteiger partial charge in [-0.1, -0.05) is 57.2 Å². The smallest absolute Gasteiger partial charge is 0.258 e. The van der Waals surface area contributed by atoms with Crippen LogP contribution in [0.3, 0.4) is 0 Å². The van der Waals surface area contributed by atoms with E-state index in [9.17, 15) is 18.5 Å². The number of nitro groups is 1. The Morgan fingerprint density at radius 1 is 1.04 bits per heavy atom. The molecule has 0 bridgehead atoms. The molecule has 0 aliphatic heterocycles. The van der Waals surface area contributed by atoms with Crippen molar-refractivity contribution < 1.29 is 13.3 Å². The Kier molecular flexibility index (Phi) is 5.29. The van der Waals surface area contributed by atoms with E-state index in [2.05, 4.69) is 20.8 Å². The van der Waals surface area contributed by atoms with Crippen molar-refractivity contribution >= 4 is 15.7 Å². The van der Waals surface area contributed by atoms with Crippen molar-refractivity contribution in [1.82, 2.24) is 4.31 Å². The van der Waals surface area contributed by atoms with Gasteiger partial charge in [-0.25, -0.2) is 8.42 Å². The molecule has 0 aromatic heterocycles. The summed E-state index contributed by atoms with van der Waals surface area (Å²) >= 11 is 0. The van der Waals surface area contributed by atoms with Gasteiger partial charge in [0.25, 0.3) is 5.69 Å². The average molecular weight is 362 g/mol. The molecule has 25 heavy (non-hydrogen) atoms. The van der Waals surface area contributed by atoms with Crippen LogP contribution in [0.15, 0.2) is 53.4 Å². The first-order chi connectivity index (χ1) is 11.5. The number of rotatable bonds is 5. The second-order valence-electron chi connectivity index (χ2n) is 6.93. The lowest BCUT2D eigenvalue weighted by Crippen LogP contribution is -2.27. The Labute approximate surface area is 148 Å². The Bertz CT molecular complexity index is 869. The van der Waals surface area contributed by atoms with Crippen molar-refractivity contribution in [2.45, 2.75) is 37.6 Å². The van der Waals surface area contributed by atoms with E-state index >= 15 is 0 Å². The van der Waals surface area contributed by atoms with Gasteiger partial charge in [-0.3, -0.25) is 10.1 Å². The number of hydrogen-bond donors (Lipinski definition) is 0. The van der Waals surface area contributed by atoms with Gasteiger partial charge in [0.2, 0.25) is 10.0 Å². The second-order valence-corrected chi connectivity index (χ2v) is 8.95. The largest absolute Gasteiger partial charge is 0.289 e. The summed E-state index contributed by atoms with van der Waals surface area (Å²) in [6.07, 6.45) is 0. The minimum atomic E-state index is -3.96. The van der Waals surface area contributed by atoms with Gasteiger partial charge in [-0.05, 0) is 22.6 Å². The molecule has 0 atom stereocenters. The number of sulfonamides is 1. The first kappa shape index (κ1) is 19.1. The van der Waals surface area contributed by atoms with E-state index in [4.69, 9.17) is 0 Å². The number of benzene rings is 2. The maximum absolute atomic E-state index is 12.7. The van der Waals surface area contributed by atoms with Gasteiger partial charge in [-0.2, -0.15) is 4.31 Å². The van der Waals surface area contributed by atoms with E-state index in [1.807, 2.05) is 24.3 Å². The van der Waals surface area contributed by atoms with Crippen LogP contribution in [0.2, 0.25) is 0 Å². The zero-order valence-electron chi connectivity index (χ0n) is 14.8. The highest BCUT2D eigenvalue weighted by Gasteiger charge is 2.29. The predicted octanol–water partition coefficient (Wildman–Crippen LogP) is 3.71. The number of nitrogens with zero attached hydrogens (tertiary/aromatic N) is 2. The Balaban J connectivity index is 2.28. The van der Waals surface area contributed by atoms with E-state index in [0.717, 1.165) is 15.4 Å². The molecule has 0 aliphatic rings. The van der Waals surface area contributed by atoms with Crippen molar-refractivity contribution in [2.75, 3.05) is 7.05 Å². The van der Waals surface area contributed by atoms with Gasteiger partial charge >= 0.3 is 0 Å². The monoisotopic (exact) mass is 362 g/mol. The Morgan fingerprint density at radius 2 is 1.60 bits per heavy atom. The number of nitro benzene ring substituents is 1. The molecule has 0 spiro atoms. The maximum Gasteiger partial charge on any atom is 0.289 e. The van der Waals surface area contributed by atoms with Crippen molar-refractivity contribution in [2.24, 2.45) is 0 Å². The van der Waals surface area contributed by atoms with E-state index in [0.29, 0.717) is 0 Å². The fourth-order valence-corrected chi connectivity index (χ4v) is 3.76. The van der Waals surface area contributed by atoms with Gasteiger partial charge in [0.05, 0.1) is 4.92 Å². The Morgan fingerprint density at radius 3 is 2.12 bits per heavy atom. The molecule has 0 saturated heterocycles. The lowest BCUT2D eigenvalue weighted by molar-refractivity contribution is -0.387. The molecule has 6 nitrogen and oxygen atoms in total. The fraction of sp³-hybridized carbons (Fsp3) is 0.333. The van der Waals surface area contributed by atoms with Crippen molar-refractivity contribution in [3.63, 3.8) is 0 Å². The molecule has 0 unspecified atom stereocenters. The molecular weight excluding hydrogens is 340 g/mol. The summed E-state index contributed by atoms with van der Waals surface area (Å²) in [7, 11) is -2.54. The van der Waals surface area contributed by atoms with Crippen LogP contribution in [0, 0.1) is 10.1 Å². The molecule has 0 saturated carbocycles. The minimum absolute atomic E-state index is 0.0150. The zero-order valence-corrected chi connectivity index (χ0v) is 15.6. The molecular formula is C18H22N2O4S. The third kappa shape index (κ3) is 4.24. The highest BCUT2D eigenvalue weighted by Crippen LogP contribution is 2.27. The fourth-order valence-electron chi connectivity index (χ4n) is 2.45. The van der Waals surface area contributed by atoms with Crippen LogP contribution in [-0.2, 0) is 22.0 Å². The number of hydrogen-bond acceptors (Lipinski definition) is 4. The molecule has 0 aliphatic carbocycles. The van der Waals surface area contributed by atoms with Crippen LogP contribution < -0.4 is 0 Å². The van der Waals surface area contributed by atoms with Gasteiger partial charge in [0.15, 0.2) is 4.90 Å². The van der Waals surface area contributed by atoms with Crippen molar-refractivity contribution in [3.8, 4) is 0 Å². The van der Waals surface area contributed by atoms with Crippen LogP contribution in [0.1, 0.15) is 31.9 Å². The topological polar surface area (TPSA) is 80.5 Å². The molecule has 7 heteroatoms. The summed E-state index contributed by atoms with van der Waals surface area (Å²) in [4.78, 5) is 10.1. The van der Waals surface area contributed by atoms with E-state index in [1.54, 1.807) is 0 Å². The van der Waals surface area contributed by atoms with E-state index in [-0.39, 0.29) is 16.9 Å². The van der Waals surface area contributed by atoms with Crippen molar-refractivity contribution in [3.05, 3.63) is 69.8 Å². The zero-order chi connectivity index (χ0) is 18.8. The van der Waals surface area contributed by atoms with Crippen LogP contribution in [0.5, 0.6) is 0 Å². The third-order valence-electron chi connectivity index (χ3n) is 3.98. The highest BCUT2D eigenvalue weighted by molar-refractivity contribution is 7.89.